The lowest BCUT2D eigenvalue weighted by Crippen LogP contribution is -2.23. The minimum absolute atomic E-state index is 0.390. The van der Waals surface area contributed by atoms with Gasteiger partial charge < -0.3 is 15.0 Å². The number of halogens is 1. The minimum atomic E-state index is -0.586. The van der Waals surface area contributed by atoms with Gasteiger partial charge in [0.1, 0.15) is 5.60 Å². The molecule has 0 saturated carbocycles. The van der Waals surface area contributed by atoms with E-state index in [2.05, 4.69) is 26.1 Å². The number of nitrogens with two attached hydrogens (primary N) is 1. The van der Waals surface area contributed by atoms with Gasteiger partial charge in [-0.25, -0.2) is 0 Å². The lowest BCUT2D eigenvalue weighted by atomic mass is 10.1. The van der Waals surface area contributed by atoms with Crippen LogP contribution in [0.1, 0.15) is 26.6 Å². The maximum atomic E-state index is 5.99. The Morgan fingerprint density at radius 3 is 2.84 bits per heavy atom. The fraction of sp³-hybridized carbons (Fsp3) is 0.385. The number of nitrogens with zero attached hydrogens (tertiary/aromatic N) is 2. The van der Waals surface area contributed by atoms with Crippen molar-refractivity contribution >= 4 is 21.6 Å². The molecular weight excluding hydrogens is 310 g/mol. The first kappa shape index (κ1) is 14.0. The Balaban J connectivity index is 2.39. The van der Waals surface area contributed by atoms with E-state index in [0.29, 0.717) is 29.6 Å². The average molecular weight is 326 g/mol. The Morgan fingerprint density at radius 1 is 1.42 bits per heavy atom. The van der Waals surface area contributed by atoms with Gasteiger partial charge in [-0.05, 0) is 48.8 Å². The molecule has 1 aromatic carbocycles. The lowest BCUT2D eigenvalue weighted by Gasteiger charge is -2.19. The highest BCUT2D eigenvalue weighted by Crippen LogP contribution is 2.32. The van der Waals surface area contributed by atoms with Gasteiger partial charge >= 0.3 is 0 Å². The van der Waals surface area contributed by atoms with Gasteiger partial charge in [0.15, 0.2) is 0 Å². The molecule has 0 unspecified atom stereocenters. The number of aromatic nitrogens is 2. The molecule has 19 heavy (non-hydrogen) atoms. The van der Waals surface area contributed by atoms with E-state index in [9.17, 15) is 0 Å². The summed E-state index contributed by atoms with van der Waals surface area (Å²) < 4.78 is 11.7. The van der Waals surface area contributed by atoms with Gasteiger partial charge in [0.25, 0.3) is 5.89 Å². The fourth-order valence-electron chi connectivity index (χ4n) is 1.73. The van der Waals surface area contributed by atoms with Crippen LogP contribution in [0, 0.1) is 0 Å². The minimum Gasteiger partial charge on any atom is -0.397 e. The van der Waals surface area contributed by atoms with Gasteiger partial charge in [-0.1, -0.05) is 11.2 Å². The van der Waals surface area contributed by atoms with Crippen molar-refractivity contribution < 1.29 is 9.26 Å². The highest BCUT2D eigenvalue weighted by molar-refractivity contribution is 9.10. The van der Waals surface area contributed by atoms with E-state index in [1.54, 1.807) is 0 Å². The zero-order valence-corrected chi connectivity index (χ0v) is 12.7. The molecule has 0 aliphatic heterocycles. The van der Waals surface area contributed by atoms with E-state index in [1.807, 2.05) is 39.0 Å². The quantitative estimate of drug-likeness (QED) is 0.872. The van der Waals surface area contributed by atoms with E-state index < -0.39 is 5.60 Å². The SMILES string of the molecule is CCOC(C)(C)c1noc(-c2cccc(Br)c2N)n1. The molecule has 2 aromatic rings. The monoisotopic (exact) mass is 325 g/mol. The van der Waals surface area contributed by atoms with Crippen molar-refractivity contribution in [1.82, 2.24) is 10.1 Å². The Kier molecular flexibility index (Phi) is 3.91. The number of nitrogen functional groups attached to an aromatic ring is 1. The molecule has 0 atom stereocenters. The van der Waals surface area contributed by atoms with E-state index in [1.165, 1.54) is 0 Å². The van der Waals surface area contributed by atoms with Crippen molar-refractivity contribution in [2.75, 3.05) is 12.3 Å². The molecule has 6 heteroatoms. The fourth-order valence-corrected chi connectivity index (χ4v) is 2.09. The molecule has 1 heterocycles. The average Bonchev–Trinajstić information content (AvgIpc) is 2.82. The predicted molar refractivity (Wildman–Crippen MR) is 76.5 cm³/mol. The molecule has 0 fully saturated rings. The first-order valence-corrected chi connectivity index (χ1v) is 6.77. The summed E-state index contributed by atoms with van der Waals surface area (Å²) in [7, 11) is 0. The zero-order valence-electron chi connectivity index (χ0n) is 11.1. The maximum Gasteiger partial charge on any atom is 0.260 e. The molecule has 0 saturated heterocycles. The second-order valence-electron chi connectivity index (χ2n) is 4.57. The third kappa shape index (κ3) is 2.79. The summed E-state index contributed by atoms with van der Waals surface area (Å²) in [5.41, 5.74) is 6.68. The van der Waals surface area contributed by atoms with E-state index in [4.69, 9.17) is 15.0 Å². The van der Waals surface area contributed by atoms with Gasteiger partial charge in [-0.3, -0.25) is 0 Å². The van der Waals surface area contributed by atoms with Crippen LogP contribution in [0.5, 0.6) is 0 Å². The number of hydrogen-bond donors (Lipinski definition) is 1. The van der Waals surface area contributed by atoms with Crippen LogP contribution < -0.4 is 5.73 Å². The number of anilines is 1. The summed E-state index contributed by atoms with van der Waals surface area (Å²) >= 11 is 3.37. The van der Waals surface area contributed by atoms with Crippen LogP contribution in [-0.2, 0) is 10.3 Å². The molecule has 0 bridgehead atoms. The molecule has 1 aromatic heterocycles. The molecule has 0 amide bonds. The summed E-state index contributed by atoms with van der Waals surface area (Å²) in [4.78, 5) is 4.37. The highest BCUT2D eigenvalue weighted by atomic mass is 79.9. The molecule has 0 spiro atoms. The molecule has 0 aliphatic rings. The number of para-hydroxylation sites is 1. The van der Waals surface area contributed by atoms with Crippen molar-refractivity contribution in [3.63, 3.8) is 0 Å². The first-order chi connectivity index (χ1) is 8.95. The normalized spacial score (nSPS) is 11.8. The van der Waals surface area contributed by atoms with Crippen molar-refractivity contribution in [3.05, 3.63) is 28.5 Å². The van der Waals surface area contributed by atoms with Crippen LogP contribution in [0.25, 0.3) is 11.5 Å². The molecule has 2 N–H and O–H groups in total. The smallest absolute Gasteiger partial charge is 0.260 e. The third-order valence-electron chi connectivity index (χ3n) is 2.75. The molecule has 0 radical (unpaired) electrons. The van der Waals surface area contributed by atoms with Crippen molar-refractivity contribution in [2.24, 2.45) is 0 Å². The van der Waals surface area contributed by atoms with Crippen LogP contribution in [0.3, 0.4) is 0 Å². The van der Waals surface area contributed by atoms with E-state index >= 15 is 0 Å². The van der Waals surface area contributed by atoms with Crippen molar-refractivity contribution in [3.8, 4) is 11.5 Å². The maximum absolute atomic E-state index is 5.99. The van der Waals surface area contributed by atoms with Crippen molar-refractivity contribution in [1.29, 1.82) is 0 Å². The van der Waals surface area contributed by atoms with Gasteiger partial charge in [0, 0.05) is 11.1 Å². The molecule has 102 valence electrons. The lowest BCUT2D eigenvalue weighted by molar-refractivity contribution is -0.0221. The summed E-state index contributed by atoms with van der Waals surface area (Å²) in [5.74, 6) is 0.894. The van der Waals surface area contributed by atoms with Gasteiger partial charge in [0.05, 0.1) is 11.3 Å². The van der Waals surface area contributed by atoms with E-state index in [0.717, 1.165) is 4.47 Å². The largest absolute Gasteiger partial charge is 0.397 e. The number of rotatable bonds is 4. The third-order valence-corrected chi connectivity index (χ3v) is 3.44. The highest BCUT2D eigenvalue weighted by Gasteiger charge is 2.27. The van der Waals surface area contributed by atoms with Gasteiger partial charge in [0.2, 0.25) is 5.82 Å². The summed E-state index contributed by atoms with van der Waals surface area (Å²) in [5, 5.41) is 3.97. The van der Waals surface area contributed by atoms with Crippen LogP contribution in [-0.4, -0.2) is 16.7 Å². The summed E-state index contributed by atoms with van der Waals surface area (Å²) in [6, 6.07) is 5.57. The molecule has 5 nitrogen and oxygen atoms in total. The zero-order chi connectivity index (χ0) is 14.0. The second-order valence-corrected chi connectivity index (χ2v) is 5.42. The van der Waals surface area contributed by atoms with Crippen molar-refractivity contribution in [2.45, 2.75) is 26.4 Å². The number of hydrogen-bond acceptors (Lipinski definition) is 5. The summed E-state index contributed by atoms with van der Waals surface area (Å²) in [6.07, 6.45) is 0. The van der Waals surface area contributed by atoms with Gasteiger partial charge in [-0.2, -0.15) is 4.98 Å². The standard InChI is InChI=1S/C13H16BrN3O2/c1-4-18-13(2,3)12-16-11(19-17-12)8-6-5-7-9(14)10(8)15/h5-7H,4,15H2,1-3H3. The van der Waals surface area contributed by atoms with Gasteiger partial charge in [-0.15, -0.1) is 0 Å². The molecular formula is C13H16BrN3O2. The van der Waals surface area contributed by atoms with Crippen LogP contribution >= 0.6 is 15.9 Å². The Labute approximate surface area is 120 Å². The van der Waals surface area contributed by atoms with Crippen LogP contribution in [0.15, 0.2) is 27.2 Å². The summed E-state index contributed by atoms with van der Waals surface area (Å²) in [6.45, 7) is 6.30. The number of benzene rings is 1. The Bertz CT molecular complexity index is 581. The topological polar surface area (TPSA) is 74.2 Å². The molecule has 2 rings (SSSR count). The Hall–Kier alpha value is -1.40. The molecule has 0 aliphatic carbocycles. The second kappa shape index (κ2) is 5.30. The number of ether oxygens (including phenoxy) is 1. The Morgan fingerprint density at radius 2 is 2.16 bits per heavy atom. The first-order valence-electron chi connectivity index (χ1n) is 5.98. The predicted octanol–water partition coefficient (Wildman–Crippen LogP) is 3.35. The van der Waals surface area contributed by atoms with Crippen LogP contribution in [0.2, 0.25) is 0 Å². The van der Waals surface area contributed by atoms with Crippen LogP contribution in [0.4, 0.5) is 5.69 Å². The van der Waals surface area contributed by atoms with E-state index in [-0.39, 0.29) is 0 Å².